The number of ether oxygens (including phenoxy) is 1. The standard InChI is InChI=1S/C24H38O4/c1-16-7-6-8-20-22(16,3)11-9-18-15-24(14-13-23(18,20)4)12-10-19(27-28-24)17(2)21(25)26-5/h17-20H,1,6-15H2,2-5H3. The molecule has 1 saturated heterocycles. The largest absolute Gasteiger partial charge is 0.469 e. The van der Waals surface area contributed by atoms with Gasteiger partial charge in [0.1, 0.15) is 11.7 Å². The molecule has 0 aromatic heterocycles. The fourth-order valence-electron chi connectivity index (χ4n) is 7.26. The summed E-state index contributed by atoms with van der Waals surface area (Å²) < 4.78 is 4.87. The first kappa shape index (κ1) is 20.4. The fraction of sp³-hybridized carbons (Fsp3) is 0.875. The SMILES string of the molecule is C=C1CCCC2C1(C)CCC1CC3(CCC(C(C)C(=O)OC)OO3)CCC12C. The number of carbonyl (C=O) groups is 1. The molecule has 1 aliphatic heterocycles. The second kappa shape index (κ2) is 7.12. The van der Waals surface area contributed by atoms with Crippen molar-refractivity contribution < 1.29 is 19.3 Å². The van der Waals surface area contributed by atoms with E-state index in [4.69, 9.17) is 14.5 Å². The van der Waals surface area contributed by atoms with E-state index in [1.165, 1.54) is 51.2 Å². The van der Waals surface area contributed by atoms with Crippen molar-refractivity contribution in [1.29, 1.82) is 0 Å². The molecule has 0 N–H and O–H groups in total. The summed E-state index contributed by atoms with van der Waals surface area (Å²) in [6.07, 6.45) is 11.5. The van der Waals surface area contributed by atoms with Gasteiger partial charge in [-0.25, -0.2) is 9.78 Å². The van der Waals surface area contributed by atoms with Crippen LogP contribution in [0.25, 0.3) is 0 Å². The number of fused-ring (bicyclic) bond motifs is 3. The van der Waals surface area contributed by atoms with Crippen LogP contribution in [-0.4, -0.2) is 24.8 Å². The maximum Gasteiger partial charge on any atom is 0.311 e. The molecular weight excluding hydrogens is 352 g/mol. The number of esters is 1. The van der Waals surface area contributed by atoms with E-state index in [0.29, 0.717) is 16.7 Å². The van der Waals surface area contributed by atoms with Gasteiger partial charge in [0.25, 0.3) is 0 Å². The van der Waals surface area contributed by atoms with Crippen LogP contribution < -0.4 is 0 Å². The Labute approximate surface area is 170 Å². The van der Waals surface area contributed by atoms with Crippen molar-refractivity contribution in [1.82, 2.24) is 0 Å². The predicted octanol–water partition coefficient (Wildman–Crippen LogP) is 5.61. The third-order valence-electron chi connectivity index (χ3n) is 9.39. The van der Waals surface area contributed by atoms with Gasteiger partial charge in [0.15, 0.2) is 0 Å². The van der Waals surface area contributed by atoms with Gasteiger partial charge in [-0.3, -0.25) is 4.79 Å². The highest BCUT2D eigenvalue weighted by atomic mass is 17.2. The molecule has 0 amide bonds. The third kappa shape index (κ3) is 3.06. The summed E-state index contributed by atoms with van der Waals surface area (Å²) in [6, 6.07) is 0. The van der Waals surface area contributed by atoms with Crippen molar-refractivity contribution in [2.24, 2.45) is 28.6 Å². The van der Waals surface area contributed by atoms with E-state index in [1.54, 1.807) is 0 Å². The Morgan fingerprint density at radius 2 is 1.96 bits per heavy atom. The average molecular weight is 391 g/mol. The van der Waals surface area contributed by atoms with E-state index in [1.807, 2.05) is 6.92 Å². The highest BCUT2D eigenvalue weighted by molar-refractivity contribution is 5.72. The summed E-state index contributed by atoms with van der Waals surface area (Å²) in [5.41, 5.74) is 2.07. The molecule has 28 heavy (non-hydrogen) atoms. The predicted molar refractivity (Wildman–Crippen MR) is 108 cm³/mol. The minimum absolute atomic E-state index is 0.157. The third-order valence-corrected chi connectivity index (χ3v) is 9.39. The van der Waals surface area contributed by atoms with E-state index < -0.39 is 0 Å². The van der Waals surface area contributed by atoms with Crippen molar-refractivity contribution >= 4 is 5.97 Å². The molecule has 4 fully saturated rings. The first-order valence-electron chi connectivity index (χ1n) is 11.3. The zero-order valence-corrected chi connectivity index (χ0v) is 18.2. The van der Waals surface area contributed by atoms with Crippen LogP contribution in [0.3, 0.4) is 0 Å². The van der Waals surface area contributed by atoms with Gasteiger partial charge in [0.2, 0.25) is 0 Å². The fourth-order valence-corrected chi connectivity index (χ4v) is 7.26. The van der Waals surface area contributed by atoms with Crippen LogP contribution in [0.4, 0.5) is 0 Å². The van der Waals surface area contributed by atoms with Gasteiger partial charge in [0.05, 0.1) is 13.0 Å². The van der Waals surface area contributed by atoms with Crippen LogP contribution in [0.2, 0.25) is 0 Å². The number of rotatable bonds is 2. The molecule has 1 heterocycles. The quantitative estimate of drug-likeness (QED) is 0.349. The van der Waals surface area contributed by atoms with Crippen LogP contribution in [0.15, 0.2) is 12.2 Å². The Morgan fingerprint density at radius 3 is 2.64 bits per heavy atom. The Morgan fingerprint density at radius 1 is 1.18 bits per heavy atom. The molecule has 7 unspecified atom stereocenters. The molecule has 1 spiro atoms. The Kier molecular flexibility index (Phi) is 5.19. The molecule has 0 bridgehead atoms. The number of methoxy groups -OCH3 is 1. The van der Waals surface area contributed by atoms with Crippen LogP contribution in [-0.2, 0) is 19.3 Å². The van der Waals surface area contributed by atoms with Crippen molar-refractivity contribution in [3.8, 4) is 0 Å². The normalized spacial score (nSPS) is 47.1. The van der Waals surface area contributed by atoms with E-state index in [9.17, 15) is 4.79 Å². The number of allylic oxidation sites excluding steroid dienone is 1. The van der Waals surface area contributed by atoms with E-state index in [-0.39, 0.29) is 23.6 Å². The van der Waals surface area contributed by atoms with Crippen molar-refractivity contribution in [3.05, 3.63) is 12.2 Å². The van der Waals surface area contributed by atoms with Gasteiger partial charge in [-0.2, -0.15) is 0 Å². The lowest BCUT2D eigenvalue weighted by Crippen LogP contribution is -2.57. The van der Waals surface area contributed by atoms with Gasteiger partial charge >= 0.3 is 5.97 Å². The molecule has 4 rings (SSSR count). The smallest absolute Gasteiger partial charge is 0.311 e. The lowest BCUT2D eigenvalue weighted by Gasteiger charge is -2.63. The summed E-state index contributed by atoms with van der Waals surface area (Å²) in [5, 5.41) is 0. The van der Waals surface area contributed by atoms with Crippen LogP contribution in [0, 0.1) is 28.6 Å². The van der Waals surface area contributed by atoms with Gasteiger partial charge in [-0.1, -0.05) is 26.0 Å². The molecule has 158 valence electrons. The molecular formula is C24H38O4. The van der Waals surface area contributed by atoms with Crippen LogP contribution in [0.1, 0.15) is 85.0 Å². The van der Waals surface area contributed by atoms with Crippen LogP contribution >= 0.6 is 0 Å². The maximum atomic E-state index is 11.8. The lowest BCUT2D eigenvalue weighted by atomic mass is 9.43. The molecule has 0 aromatic rings. The van der Waals surface area contributed by atoms with Crippen LogP contribution in [0.5, 0.6) is 0 Å². The van der Waals surface area contributed by atoms with Crippen molar-refractivity contribution in [2.45, 2.75) is 96.7 Å². The zero-order valence-electron chi connectivity index (χ0n) is 18.2. The first-order valence-corrected chi connectivity index (χ1v) is 11.3. The molecule has 4 aliphatic rings. The average Bonchev–Trinajstić information content (AvgIpc) is 2.70. The van der Waals surface area contributed by atoms with Crippen molar-refractivity contribution in [3.63, 3.8) is 0 Å². The Bertz CT molecular complexity index is 635. The summed E-state index contributed by atoms with van der Waals surface area (Å²) >= 11 is 0. The minimum Gasteiger partial charge on any atom is -0.469 e. The van der Waals surface area contributed by atoms with Gasteiger partial charge in [0, 0.05) is 0 Å². The number of hydrogen-bond acceptors (Lipinski definition) is 4. The van der Waals surface area contributed by atoms with Crippen molar-refractivity contribution in [2.75, 3.05) is 7.11 Å². The monoisotopic (exact) mass is 390 g/mol. The first-order chi connectivity index (χ1) is 13.2. The number of carbonyl (C=O) groups excluding carboxylic acids is 1. The molecule has 4 heteroatoms. The summed E-state index contributed by atoms with van der Waals surface area (Å²) in [6.45, 7) is 11.4. The van der Waals surface area contributed by atoms with Gasteiger partial charge in [-0.15, -0.1) is 0 Å². The molecule has 3 saturated carbocycles. The topological polar surface area (TPSA) is 44.8 Å². The summed E-state index contributed by atoms with van der Waals surface area (Å²) in [7, 11) is 1.43. The molecule has 3 aliphatic carbocycles. The second-order valence-corrected chi connectivity index (χ2v) is 10.7. The zero-order chi connectivity index (χ0) is 20.2. The van der Waals surface area contributed by atoms with E-state index in [2.05, 4.69) is 20.4 Å². The molecule has 4 nitrogen and oxygen atoms in total. The highest BCUT2D eigenvalue weighted by Gasteiger charge is 2.59. The van der Waals surface area contributed by atoms with Gasteiger partial charge < -0.3 is 4.74 Å². The Balaban J connectivity index is 1.45. The second-order valence-electron chi connectivity index (χ2n) is 10.7. The molecule has 0 aromatic carbocycles. The van der Waals surface area contributed by atoms with E-state index >= 15 is 0 Å². The lowest BCUT2D eigenvalue weighted by molar-refractivity contribution is -0.425. The maximum absolute atomic E-state index is 11.8. The highest BCUT2D eigenvalue weighted by Crippen LogP contribution is 2.66. The van der Waals surface area contributed by atoms with Gasteiger partial charge in [-0.05, 0) is 93.8 Å². The molecule has 7 atom stereocenters. The minimum atomic E-state index is -0.278. The number of hydrogen-bond donors (Lipinski definition) is 0. The van der Waals surface area contributed by atoms with E-state index in [0.717, 1.165) is 31.6 Å². The summed E-state index contributed by atoms with van der Waals surface area (Å²) in [4.78, 5) is 23.7. The molecule has 0 radical (unpaired) electrons. The summed E-state index contributed by atoms with van der Waals surface area (Å²) in [5.74, 6) is 0.960. The Hall–Kier alpha value is -0.870.